The molecule has 3 N–H and O–H groups in total. The van der Waals surface area contributed by atoms with E-state index >= 15 is 0 Å². The molecule has 6 rings (SSSR count). The van der Waals surface area contributed by atoms with E-state index in [1.165, 1.54) is 11.1 Å². The van der Waals surface area contributed by atoms with Crippen LogP contribution in [0.2, 0.25) is 0 Å². The van der Waals surface area contributed by atoms with Gasteiger partial charge in [0.1, 0.15) is 29.7 Å². The molecule has 0 bridgehead atoms. The van der Waals surface area contributed by atoms with Crippen molar-refractivity contribution in [3.8, 4) is 0 Å². The van der Waals surface area contributed by atoms with Crippen LogP contribution in [0, 0.1) is 23.7 Å². The second-order valence-electron chi connectivity index (χ2n) is 23.4. The summed E-state index contributed by atoms with van der Waals surface area (Å²) in [6.07, 6.45) is -3.18. The smallest absolute Gasteiger partial charge is 0.410 e. The topological polar surface area (TPSA) is 232 Å². The number of hydrogen-bond acceptors (Lipinski definition) is 17. The number of aromatic carboxylic acids is 1. The lowest BCUT2D eigenvalue weighted by atomic mass is 9.73. The van der Waals surface area contributed by atoms with E-state index in [2.05, 4.69) is 5.32 Å². The van der Waals surface area contributed by atoms with Crippen molar-refractivity contribution in [2.45, 2.75) is 212 Å². The lowest BCUT2D eigenvalue weighted by molar-refractivity contribution is -0.322. The van der Waals surface area contributed by atoms with Crippen LogP contribution in [-0.4, -0.2) is 188 Å². The van der Waals surface area contributed by atoms with E-state index in [1.807, 2.05) is 86.5 Å². The maximum atomic E-state index is 14.9. The number of carbonyl (C=O) groups is 4. The number of aromatic nitrogens is 1. The summed E-state index contributed by atoms with van der Waals surface area (Å²) >= 11 is 0. The number of nitrogens with zero attached hydrogens (tertiary/aromatic N) is 3. The van der Waals surface area contributed by atoms with Gasteiger partial charge in [-0.15, -0.1) is 0 Å². The Labute approximate surface area is 461 Å². The third kappa shape index (κ3) is 13.3. The number of ketones is 1. The first-order chi connectivity index (χ1) is 36.7. The van der Waals surface area contributed by atoms with Crippen LogP contribution >= 0.6 is 0 Å². The molecule has 4 aliphatic rings. The number of aliphatic hydroxyl groups is 1. The number of amides is 1. The maximum absolute atomic E-state index is 14.9. The van der Waals surface area contributed by atoms with Gasteiger partial charge >= 0.3 is 18.0 Å². The number of likely N-dealkylation sites (N-methyl/N-ethyl adjacent to an activating group) is 2. The molecule has 5 heterocycles. The molecular weight excluding hydrogens is 1010 g/mol. The third-order valence-electron chi connectivity index (χ3n) is 17.5. The van der Waals surface area contributed by atoms with E-state index in [0.29, 0.717) is 49.9 Å². The first-order valence-electron chi connectivity index (χ1n) is 28.2. The zero-order valence-corrected chi connectivity index (χ0v) is 49.2. The molecule has 18 atom stereocenters. The van der Waals surface area contributed by atoms with E-state index < -0.39 is 119 Å². The molecular formula is C58H92N4O16. The molecule has 0 saturated carbocycles. The monoisotopic (exact) mass is 1100 g/mol. The maximum Gasteiger partial charge on any atom is 0.410 e. The van der Waals surface area contributed by atoms with Crippen LogP contribution in [0.25, 0.3) is 10.9 Å². The number of benzene rings is 1. The van der Waals surface area contributed by atoms with Gasteiger partial charge in [-0.05, 0) is 132 Å². The minimum Gasteiger partial charge on any atom is -0.477 e. The summed E-state index contributed by atoms with van der Waals surface area (Å²) in [6.45, 7) is 22.7. The van der Waals surface area contributed by atoms with Crippen molar-refractivity contribution in [2.24, 2.45) is 23.7 Å². The zero-order valence-electron chi connectivity index (χ0n) is 49.2. The van der Waals surface area contributed by atoms with Gasteiger partial charge in [0.2, 0.25) is 5.43 Å². The van der Waals surface area contributed by atoms with Gasteiger partial charge < -0.3 is 72.5 Å². The molecule has 20 heteroatoms. The Hall–Kier alpha value is -4.09. The van der Waals surface area contributed by atoms with Gasteiger partial charge in [-0.1, -0.05) is 33.8 Å². The van der Waals surface area contributed by atoms with Crippen LogP contribution in [0.3, 0.4) is 0 Å². The zero-order chi connectivity index (χ0) is 57.8. The predicted octanol–water partition coefficient (Wildman–Crippen LogP) is 6.21. The lowest BCUT2D eigenvalue weighted by Crippen LogP contribution is -2.62. The molecule has 2 aromatic rings. The van der Waals surface area contributed by atoms with E-state index in [4.69, 9.17) is 42.6 Å². The summed E-state index contributed by atoms with van der Waals surface area (Å²) in [5.74, 6) is -5.09. The quantitative estimate of drug-likeness (QED) is 0.105. The SMILES string of the molecule is CC[C@@H]1OC(=O)[C@H](C)[C@H](O[C@@H]2C[C@](C)(OC)[C@H](OCCCNCCCc3ccc4c(c3)c(=O)c(C(=O)O)cn4CC)[C@H](C)O2)[C@@H](C)[C@H](O[C@H]2O[C@@H](C)C[C@@H](N(C)C)[C@H]2O)[C@](C)(OC)C[C@H](C)C(=O)[C@H](C)[C@H]2N(C)C(=O)O[C@@]12C. The highest BCUT2D eigenvalue weighted by atomic mass is 16.7. The number of methoxy groups -OCH3 is 2. The Morgan fingerprint density at radius 3 is 2.19 bits per heavy atom. The van der Waals surface area contributed by atoms with Gasteiger partial charge in [0, 0.05) is 76.2 Å². The molecule has 4 fully saturated rings. The minimum atomic E-state index is -1.38. The van der Waals surface area contributed by atoms with Gasteiger partial charge in [-0.2, -0.15) is 0 Å². The average Bonchev–Trinajstić information content (AvgIpc) is 3.74. The van der Waals surface area contributed by atoms with Crippen LogP contribution in [0.15, 0.2) is 29.2 Å². The number of aryl methyl sites for hydroxylation is 2. The van der Waals surface area contributed by atoms with Gasteiger partial charge in [0.25, 0.3) is 0 Å². The van der Waals surface area contributed by atoms with E-state index in [-0.39, 0.29) is 42.8 Å². The Morgan fingerprint density at radius 1 is 0.897 bits per heavy atom. The van der Waals surface area contributed by atoms with Crippen molar-refractivity contribution in [3.63, 3.8) is 0 Å². The number of aliphatic hydroxyl groups excluding tert-OH is 1. The highest BCUT2D eigenvalue weighted by molar-refractivity contribution is 5.92. The molecule has 0 spiro atoms. The highest BCUT2D eigenvalue weighted by Crippen LogP contribution is 2.45. The second-order valence-corrected chi connectivity index (χ2v) is 23.4. The van der Waals surface area contributed by atoms with Gasteiger partial charge in [-0.3, -0.25) is 14.4 Å². The molecule has 1 aromatic heterocycles. The van der Waals surface area contributed by atoms with E-state index in [1.54, 1.807) is 52.7 Å². The third-order valence-corrected chi connectivity index (χ3v) is 17.5. The van der Waals surface area contributed by atoms with Gasteiger partial charge in [-0.25, -0.2) is 9.59 Å². The Bertz CT molecular complexity index is 2460. The molecule has 4 saturated heterocycles. The fourth-order valence-corrected chi connectivity index (χ4v) is 13.0. The number of rotatable bonds is 19. The Balaban J connectivity index is 1.20. The molecule has 0 aliphatic carbocycles. The first kappa shape index (κ1) is 63.1. The van der Waals surface area contributed by atoms with Crippen LogP contribution in [0.5, 0.6) is 0 Å². The molecule has 1 amide bonds. The van der Waals surface area contributed by atoms with Crippen LogP contribution in [-0.2, 0) is 65.2 Å². The van der Waals surface area contributed by atoms with Crippen LogP contribution < -0.4 is 10.7 Å². The van der Waals surface area contributed by atoms with Crippen molar-refractivity contribution in [1.29, 1.82) is 0 Å². The predicted molar refractivity (Wildman–Crippen MR) is 291 cm³/mol. The summed E-state index contributed by atoms with van der Waals surface area (Å²) in [4.78, 5) is 71.2. The first-order valence-corrected chi connectivity index (χ1v) is 28.2. The van der Waals surface area contributed by atoms with E-state index in [0.717, 1.165) is 18.5 Å². The number of fused-ring (bicyclic) bond motifs is 2. The minimum absolute atomic E-state index is 0.141. The summed E-state index contributed by atoms with van der Waals surface area (Å²) in [6, 6.07) is 4.59. The summed E-state index contributed by atoms with van der Waals surface area (Å²) in [7, 11) is 8.57. The normalized spacial score (nSPS) is 37.3. The molecule has 440 valence electrons. The summed E-state index contributed by atoms with van der Waals surface area (Å²) < 4.78 is 60.7. The van der Waals surface area contributed by atoms with Gasteiger partial charge in [0.15, 0.2) is 18.2 Å². The summed E-state index contributed by atoms with van der Waals surface area (Å²) in [5, 5.41) is 25.4. The number of hydrogen-bond donors (Lipinski definition) is 3. The molecule has 0 radical (unpaired) electrons. The number of cyclic esters (lactones) is 1. The van der Waals surface area contributed by atoms with Crippen LogP contribution in [0.1, 0.15) is 131 Å². The van der Waals surface area contributed by atoms with Crippen molar-refractivity contribution in [3.05, 3.63) is 45.7 Å². The summed E-state index contributed by atoms with van der Waals surface area (Å²) in [5.41, 5.74) is -2.60. The fourth-order valence-electron chi connectivity index (χ4n) is 13.0. The standard InChI is InChI=1S/C58H92N4O16/c1-17-43-58(11)49(61(14)55(69)78-58)34(5)45(63)32(3)29-56(9,70-15)50(77-54-47(65)42(60(12)13)27-33(4)73-54)35(6)48(36(7)53(68)75-43)76-44-30-57(10,71-16)51(37(8)74-44)72-26-20-25-59-24-19-21-38-22-23-41-39(28-38)46(64)40(52(66)67)31-62(41)18-2/h22-23,28,31-37,42-44,47-51,54,59,65H,17-21,24-27,29-30H2,1-16H3,(H,66,67)/t32-,33-,34-,35+,36+,37-,42+,43-,44+,47+,48+,49+,50-,51+,54+,56+,57-,58-/m0/s1. The number of carbonyl (C=O) groups excluding carboxylic acids is 3. The van der Waals surface area contributed by atoms with Crippen molar-refractivity contribution >= 4 is 34.7 Å². The van der Waals surface area contributed by atoms with Crippen molar-refractivity contribution in [2.75, 3.05) is 55.1 Å². The number of esters is 1. The molecule has 1 aromatic carbocycles. The molecule has 4 aliphatic heterocycles. The number of carboxylic acid groups (broad SMARTS) is 1. The Kier molecular flexibility index (Phi) is 21.2. The molecule has 20 nitrogen and oxygen atoms in total. The fraction of sp³-hybridized carbons (Fsp3) is 0.776. The highest BCUT2D eigenvalue weighted by Gasteiger charge is 2.60. The number of ether oxygens (including phenoxy) is 9. The lowest BCUT2D eigenvalue weighted by Gasteiger charge is -2.50. The Morgan fingerprint density at radius 2 is 1.56 bits per heavy atom. The second kappa shape index (κ2) is 26.2. The average molecular weight is 1100 g/mol. The van der Waals surface area contributed by atoms with Crippen molar-refractivity contribution < 1.29 is 72.0 Å². The number of pyridine rings is 1. The van der Waals surface area contributed by atoms with Crippen LogP contribution in [0.4, 0.5) is 4.79 Å². The number of Topliss-reactive ketones (excluding diaryl/α,β-unsaturated/α-hetero) is 1. The van der Waals surface area contributed by atoms with Gasteiger partial charge in [0.05, 0.1) is 53.1 Å². The number of carboxylic acids is 1. The number of nitrogens with one attached hydrogen (secondary N) is 1. The largest absolute Gasteiger partial charge is 0.477 e. The van der Waals surface area contributed by atoms with E-state index in [9.17, 15) is 34.2 Å². The van der Waals surface area contributed by atoms with Crippen molar-refractivity contribution in [1.82, 2.24) is 19.7 Å². The molecule has 0 unspecified atom stereocenters. The molecule has 78 heavy (non-hydrogen) atoms.